The number of rotatable bonds is 6. The van der Waals surface area contributed by atoms with Gasteiger partial charge in [0.25, 0.3) is 0 Å². The first kappa shape index (κ1) is 21.6. The molecule has 0 saturated heterocycles. The summed E-state index contributed by atoms with van der Waals surface area (Å²) in [4.78, 5) is 13.8. The van der Waals surface area contributed by atoms with Crippen molar-refractivity contribution in [3.8, 4) is 5.75 Å². The number of nitrogens with zero attached hydrogens (tertiary/aromatic N) is 1. The van der Waals surface area contributed by atoms with E-state index in [9.17, 15) is 18.0 Å². The Morgan fingerprint density at radius 2 is 1.88 bits per heavy atom. The lowest BCUT2D eigenvalue weighted by Gasteiger charge is -2.28. The summed E-state index contributed by atoms with van der Waals surface area (Å²) < 4.78 is 47.8. The minimum atomic E-state index is -4.80. The zero-order valence-electron chi connectivity index (χ0n) is 14.7. The van der Waals surface area contributed by atoms with Crippen LogP contribution in [0.1, 0.15) is 46.1 Å². The fourth-order valence-corrected chi connectivity index (χ4v) is 2.42. The van der Waals surface area contributed by atoms with Crippen LogP contribution in [0.15, 0.2) is 22.7 Å². The van der Waals surface area contributed by atoms with Crippen molar-refractivity contribution in [2.24, 2.45) is 0 Å². The van der Waals surface area contributed by atoms with Gasteiger partial charge in [0, 0.05) is 16.6 Å². The van der Waals surface area contributed by atoms with Crippen molar-refractivity contribution in [2.45, 2.75) is 59.0 Å². The number of carbonyl (C=O) groups is 1. The summed E-state index contributed by atoms with van der Waals surface area (Å²) in [6.45, 7) is 7.51. The molecule has 0 N–H and O–H groups in total. The summed E-state index contributed by atoms with van der Waals surface area (Å²) in [6, 6.07) is 4.18. The number of hydrogen-bond acceptors (Lipinski definition) is 3. The topological polar surface area (TPSA) is 38.8 Å². The number of halogens is 4. The van der Waals surface area contributed by atoms with Gasteiger partial charge in [0.05, 0.1) is 6.54 Å². The number of hydrogen-bond donors (Lipinski definition) is 0. The highest BCUT2D eigenvalue weighted by atomic mass is 79.9. The molecule has 0 unspecified atom stereocenters. The number of alkyl halides is 3. The van der Waals surface area contributed by atoms with Gasteiger partial charge in [0.2, 0.25) is 0 Å². The van der Waals surface area contributed by atoms with E-state index in [0.717, 1.165) is 6.42 Å². The Hall–Kier alpha value is -1.44. The Kier molecular flexibility index (Phi) is 7.59. The second-order valence-corrected chi connectivity index (χ2v) is 7.47. The van der Waals surface area contributed by atoms with Crippen LogP contribution < -0.4 is 4.74 Å². The molecular formula is C17H23BrF3NO3. The number of benzene rings is 1. The SMILES string of the molecule is CCCCN(Cc1cc(Br)ccc1OC(F)(F)F)C(=O)OC(C)(C)C. The van der Waals surface area contributed by atoms with Crippen molar-refractivity contribution < 1.29 is 27.4 Å². The third-order valence-electron chi connectivity index (χ3n) is 3.04. The largest absolute Gasteiger partial charge is 0.573 e. The lowest BCUT2D eigenvalue weighted by molar-refractivity contribution is -0.275. The molecule has 0 saturated carbocycles. The Bertz CT molecular complexity index is 585. The molecule has 0 fully saturated rings. The van der Waals surface area contributed by atoms with Crippen LogP contribution in [-0.4, -0.2) is 29.5 Å². The van der Waals surface area contributed by atoms with Gasteiger partial charge < -0.3 is 14.4 Å². The maximum absolute atomic E-state index is 12.6. The van der Waals surface area contributed by atoms with E-state index in [-0.39, 0.29) is 17.9 Å². The average molecular weight is 426 g/mol. The van der Waals surface area contributed by atoms with Crippen molar-refractivity contribution in [2.75, 3.05) is 6.54 Å². The van der Waals surface area contributed by atoms with Crippen molar-refractivity contribution >= 4 is 22.0 Å². The summed E-state index contributed by atoms with van der Waals surface area (Å²) in [5.74, 6) is -0.333. The summed E-state index contributed by atoms with van der Waals surface area (Å²) in [6.07, 6.45) is -3.83. The van der Waals surface area contributed by atoms with Crippen LogP contribution in [0.3, 0.4) is 0 Å². The zero-order valence-corrected chi connectivity index (χ0v) is 16.3. The molecule has 0 aliphatic carbocycles. The standard InChI is InChI=1S/C17H23BrF3NO3/c1-5-6-9-22(15(23)25-16(2,3)4)11-12-10-13(18)7-8-14(12)24-17(19,20)21/h7-8,10H,5-6,9,11H2,1-4H3. The maximum atomic E-state index is 12.6. The molecule has 1 amide bonds. The lowest BCUT2D eigenvalue weighted by Crippen LogP contribution is -2.37. The van der Waals surface area contributed by atoms with Crippen LogP contribution >= 0.6 is 15.9 Å². The van der Waals surface area contributed by atoms with E-state index in [1.54, 1.807) is 20.8 Å². The van der Waals surface area contributed by atoms with Crippen LogP contribution in [0, 0.1) is 0 Å². The van der Waals surface area contributed by atoms with Gasteiger partial charge in [0.15, 0.2) is 0 Å². The van der Waals surface area contributed by atoms with Crippen LogP contribution in [-0.2, 0) is 11.3 Å². The molecule has 1 rings (SSSR count). The van der Waals surface area contributed by atoms with Gasteiger partial charge >= 0.3 is 12.5 Å². The predicted octanol–water partition coefficient (Wildman–Crippen LogP) is 5.88. The molecule has 0 atom stereocenters. The fraction of sp³-hybridized carbons (Fsp3) is 0.588. The van der Waals surface area contributed by atoms with E-state index in [1.807, 2.05) is 6.92 Å². The highest BCUT2D eigenvalue weighted by Crippen LogP contribution is 2.30. The molecule has 0 bridgehead atoms. The summed E-state index contributed by atoms with van der Waals surface area (Å²) in [5.41, 5.74) is -0.446. The molecule has 1 aromatic rings. The smallest absolute Gasteiger partial charge is 0.444 e. The second-order valence-electron chi connectivity index (χ2n) is 6.56. The van der Waals surface area contributed by atoms with E-state index >= 15 is 0 Å². The zero-order chi connectivity index (χ0) is 19.3. The molecule has 1 aromatic carbocycles. The number of amides is 1. The molecule has 4 nitrogen and oxygen atoms in total. The van der Waals surface area contributed by atoms with E-state index in [2.05, 4.69) is 20.7 Å². The molecular weight excluding hydrogens is 403 g/mol. The Balaban J connectivity index is 3.06. The van der Waals surface area contributed by atoms with E-state index in [0.29, 0.717) is 17.4 Å². The lowest BCUT2D eigenvalue weighted by atomic mass is 10.1. The van der Waals surface area contributed by atoms with Crippen LogP contribution in [0.25, 0.3) is 0 Å². The Morgan fingerprint density at radius 1 is 1.24 bits per heavy atom. The molecule has 0 aliphatic heterocycles. The normalized spacial score (nSPS) is 12.0. The molecule has 0 aliphatic rings. The van der Waals surface area contributed by atoms with Crippen molar-refractivity contribution in [1.29, 1.82) is 0 Å². The molecule has 25 heavy (non-hydrogen) atoms. The highest BCUT2D eigenvalue weighted by Gasteiger charge is 2.32. The number of carbonyl (C=O) groups excluding carboxylic acids is 1. The van der Waals surface area contributed by atoms with Crippen molar-refractivity contribution in [1.82, 2.24) is 4.90 Å². The summed E-state index contributed by atoms with van der Waals surface area (Å²) >= 11 is 3.23. The van der Waals surface area contributed by atoms with Gasteiger partial charge in [-0.25, -0.2) is 4.79 Å². The quantitative estimate of drug-likeness (QED) is 0.570. The third kappa shape index (κ3) is 8.47. The summed E-state index contributed by atoms with van der Waals surface area (Å²) in [7, 11) is 0. The third-order valence-corrected chi connectivity index (χ3v) is 3.54. The van der Waals surface area contributed by atoms with E-state index in [4.69, 9.17) is 4.74 Å². The molecule has 0 aromatic heterocycles. The van der Waals surface area contributed by atoms with Crippen molar-refractivity contribution in [3.63, 3.8) is 0 Å². The van der Waals surface area contributed by atoms with Crippen LogP contribution in [0.5, 0.6) is 5.75 Å². The van der Waals surface area contributed by atoms with Gasteiger partial charge in [-0.3, -0.25) is 0 Å². The average Bonchev–Trinajstić information content (AvgIpc) is 2.42. The number of unbranched alkanes of at least 4 members (excludes halogenated alkanes) is 1. The van der Waals surface area contributed by atoms with Gasteiger partial charge in [-0.15, -0.1) is 13.2 Å². The first-order valence-corrected chi connectivity index (χ1v) is 8.72. The van der Waals surface area contributed by atoms with Gasteiger partial charge in [-0.1, -0.05) is 29.3 Å². The molecule has 0 radical (unpaired) electrons. The van der Waals surface area contributed by atoms with Crippen LogP contribution in [0.2, 0.25) is 0 Å². The van der Waals surface area contributed by atoms with Gasteiger partial charge in [0.1, 0.15) is 11.4 Å². The monoisotopic (exact) mass is 425 g/mol. The molecule has 0 heterocycles. The first-order valence-electron chi connectivity index (χ1n) is 7.93. The maximum Gasteiger partial charge on any atom is 0.573 e. The van der Waals surface area contributed by atoms with Gasteiger partial charge in [-0.2, -0.15) is 0 Å². The fourth-order valence-electron chi connectivity index (χ4n) is 2.01. The predicted molar refractivity (Wildman–Crippen MR) is 92.4 cm³/mol. The molecule has 0 spiro atoms. The van der Waals surface area contributed by atoms with Crippen molar-refractivity contribution in [3.05, 3.63) is 28.2 Å². The minimum absolute atomic E-state index is 0.0419. The molecule has 142 valence electrons. The highest BCUT2D eigenvalue weighted by molar-refractivity contribution is 9.10. The Morgan fingerprint density at radius 3 is 2.40 bits per heavy atom. The van der Waals surface area contributed by atoms with Gasteiger partial charge in [-0.05, 0) is 45.4 Å². The van der Waals surface area contributed by atoms with E-state index in [1.165, 1.54) is 23.1 Å². The molecule has 8 heteroatoms. The first-order chi connectivity index (χ1) is 11.4. The Labute approximate surface area is 154 Å². The van der Waals surface area contributed by atoms with E-state index < -0.39 is 18.1 Å². The number of ether oxygens (including phenoxy) is 2. The van der Waals surface area contributed by atoms with Crippen LogP contribution in [0.4, 0.5) is 18.0 Å². The minimum Gasteiger partial charge on any atom is -0.444 e. The summed E-state index contributed by atoms with van der Waals surface area (Å²) in [5, 5.41) is 0. The second kappa shape index (κ2) is 8.78.